The highest BCUT2D eigenvalue weighted by Gasteiger charge is 2.41. The van der Waals surface area contributed by atoms with Crippen molar-refractivity contribution in [3.63, 3.8) is 0 Å². The lowest BCUT2D eigenvalue weighted by Crippen LogP contribution is -2.53. The fourth-order valence-corrected chi connectivity index (χ4v) is 3.40. The van der Waals surface area contributed by atoms with Crippen LogP contribution in [0.1, 0.15) is 26.7 Å². The molecule has 0 bridgehead atoms. The monoisotopic (exact) mass is 290 g/mol. The van der Waals surface area contributed by atoms with Crippen molar-refractivity contribution in [3.8, 4) is 0 Å². The molecular weight excluding hydrogens is 268 g/mol. The Labute approximate surface area is 117 Å². The molecule has 7 heteroatoms. The number of methoxy groups -OCH3 is 1. The smallest absolute Gasteiger partial charge is 0.327 e. The Hall–Kier alpha value is -0.950. The van der Waals surface area contributed by atoms with Gasteiger partial charge in [-0.1, -0.05) is 13.8 Å². The van der Waals surface area contributed by atoms with Crippen LogP contribution in [0.2, 0.25) is 0 Å². The van der Waals surface area contributed by atoms with Crippen LogP contribution in [-0.4, -0.2) is 58.9 Å². The highest BCUT2D eigenvalue weighted by molar-refractivity contribution is 8.00. The van der Waals surface area contributed by atoms with E-state index in [2.05, 4.69) is 5.32 Å². The predicted molar refractivity (Wildman–Crippen MR) is 74.3 cm³/mol. The van der Waals surface area contributed by atoms with Crippen LogP contribution in [-0.2, 0) is 9.53 Å². The first-order chi connectivity index (χ1) is 9.04. The molecule has 0 aliphatic carbocycles. The summed E-state index contributed by atoms with van der Waals surface area (Å²) < 4.78 is 5.03. The molecule has 19 heavy (non-hydrogen) atoms. The zero-order valence-electron chi connectivity index (χ0n) is 11.6. The number of carboxylic acids is 1. The van der Waals surface area contributed by atoms with Crippen LogP contribution in [0.5, 0.6) is 0 Å². The fourth-order valence-electron chi connectivity index (χ4n) is 2.05. The van der Waals surface area contributed by atoms with E-state index in [1.807, 2.05) is 13.8 Å². The second kappa shape index (κ2) is 7.59. The van der Waals surface area contributed by atoms with E-state index >= 15 is 0 Å². The van der Waals surface area contributed by atoms with E-state index < -0.39 is 12.0 Å². The minimum absolute atomic E-state index is 0.0684. The Morgan fingerprint density at radius 2 is 2.21 bits per heavy atom. The van der Waals surface area contributed by atoms with E-state index in [0.29, 0.717) is 12.4 Å². The molecule has 110 valence electrons. The fraction of sp³-hybridized carbons (Fsp3) is 0.833. The molecule has 2 amide bonds. The molecule has 0 spiro atoms. The van der Waals surface area contributed by atoms with Crippen molar-refractivity contribution in [2.24, 2.45) is 0 Å². The second-order valence-electron chi connectivity index (χ2n) is 4.47. The van der Waals surface area contributed by atoms with Crippen LogP contribution < -0.4 is 5.32 Å². The van der Waals surface area contributed by atoms with Crippen LogP contribution in [0, 0.1) is 0 Å². The number of ether oxygens (including phenoxy) is 1. The Kier molecular flexibility index (Phi) is 6.44. The summed E-state index contributed by atoms with van der Waals surface area (Å²) in [5.41, 5.74) is 0. The molecule has 6 nitrogen and oxygen atoms in total. The molecule has 1 fully saturated rings. The van der Waals surface area contributed by atoms with Crippen molar-refractivity contribution in [1.82, 2.24) is 10.2 Å². The van der Waals surface area contributed by atoms with Crippen molar-refractivity contribution < 1.29 is 19.4 Å². The molecular formula is C12H22N2O4S. The zero-order chi connectivity index (χ0) is 14.4. The van der Waals surface area contributed by atoms with Gasteiger partial charge in [-0.05, 0) is 12.8 Å². The van der Waals surface area contributed by atoms with E-state index in [1.165, 1.54) is 16.7 Å². The van der Waals surface area contributed by atoms with Gasteiger partial charge < -0.3 is 15.2 Å². The maximum absolute atomic E-state index is 12.3. The third-order valence-corrected chi connectivity index (χ3v) is 4.60. The first-order valence-electron chi connectivity index (χ1n) is 6.47. The summed E-state index contributed by atoms with van der Waals surface area (Å²) in [6, 6.07) is -1.14. The van der Waals surface area contributed by atoms with Gasteiger partial charge in [-0.15, -0.1) is 11.8 Å². The summed E-state index contributed by atoms with van der Waals surface area (Å²) in [5.74, 6) is -0.499. The molecule has 0 saturated carbocycles. The predicted octanol–water partition coefficient (Wildman–Crippen LogP) is 1.36. The molecule has 3 unspecified atom stereocenters. The molecule has 1 heterocycles. The summed E-state index contributed by atoms with van der Waals surface area (Å²) in [6.07, 6.45) is 1.48. The standard InChI is InChI=1S/C12H22N2O4S/c1-4-8(6-18-3)13-12(17)14-9(11(15)16)7-19-10(14)5-2/h8-10H,4-7H2,1-3H3,(H,13,17)(H,15,16). The number of nitrogens with zero attached hydrogens (tertiary/aromatic N) is 1. The van der Waals surface area contributed by atoms with E-state index in [9.17, 15) is 14.7 Å². The normalized spacial score (nSPS) is 24.3. The molecule has 1 saturated heterocycles. The van der Waals surface area contributed by atoms with Gasteiger partial charge >= 0.3 is 12.0 Å². The average molecular weight is 290 g/mol. The van der Waals surface area contributed by atoms with Crippen LogP contribution in [0.25, 0.3) is 0 Å². The third-order valence-electron chi connectivity index (χ3n) is 3.15. The van der Waals surface area contributed by atoms with Crippen molar-refractivity contribution in [2.75, 3.05) is 19.5 Å². The number of carboxylic acid groups (broad SMARTS) is 1. The van der Waals surface area contributed by atoms with Gasteiger partial charge in [0.1, 0.15) is 6.04 Å². The summed E-state index contributed by atoms with van der Waals surface area (Å²) in [4.78, 5) is 24.9. The maximum Gasteiger partial charge on any atom is 0.327 e. The van der Waals surface area contributed by atoms with Gasteiger partial charge in [-0.2, -0.15) is 0 Å². The van der Waals surface area contributed by atoms with Gasteiger partial charge in [-0.3, -0.25) is 4.90 Å². The van der Waals surface area contributed by atoms with Crippen molar-refractivity contribution in [3.05, 3.63) is 0 Å². The van der Waals surface area contributed by atoms with Gasteiger partial charge in [0.15, 0.2) is 0 Å². The Balaban J connectivity index is 2.72. The first-order valence-corrected chi connectivity index (χ1v) is 7.52. The van der Waals surface area contributed by atoms with Crippen LogP contribution in [0.4, 0.5) is 4.79 Å². The molecule has 0 aromatic rings. The van der Waals surface area contributed by atoms with E-state index in [1.54, 1.807) is 7.11 Å². The summed E-state index contributed by atoms with van der Waals surface area (Å²) in [5, 5.41) is 12.0. The molecule has 1 aliphatic heterocycles. The first kappa shape index (κ1) is 16.1. The highest BCUT2D eigenvalue weighted by Crippen LogP contribution is 2.31. The summed E-state index contributed by atoms with van der Waals surface area (Å²) in [7, 11) is 1.58. The number of hydrogen-bond donors (Lipinski definition) is 2. The molecule has 0 radical (unpaired) electrons. The minimum atomic E-state index is -0.946. The zero-order valence-corrected chi connectivity index (χ0v) is 12.4. The number of thioether (sulfide) groups is 1. The maximum atomic E-state index is 12.3. The highest BCUT2D eigenvalue weighted by atomic mass is 32.2. The van der Waals surface area contributed by atoms with Crippen molar-refractivity contribution in [2.45, 2.75) is 44.1 Å². The van der Waals surface area contributed by atoms with Crippen LogP contribution in [0.3, 0.4) is 0 Å². The minimum Gasteiger partial charge on any atom is -0.480 e. The van der Waals surface area contributed by atoms with Crippen LogP contribution in [0.15, 0.2) is 0 Å². The number of carbonyl (C=O) groups is 2. The van der Waals surface area contributed by atoms with Gasteiger partial charge in [-0.25, -0.2) is 9.59 Å². The van der Waals surface area contributed by atoms with E-state index in [4.69, 9.17) is 4.74 Å². The number of nitrogens with one attached hydrogen (secondary N) is 1. The molecule has 1 rings (SSSR count). The summed E-state index contributed by atoms with van der Waals surface area (Å²) >= 11 is 1.52. The number of urea groups is 1. The van der Waals surface area contributed by atoms with Gasteiger partial charge in [0.2, 0.25) is 0 Å². The lowest BCUT2D eigenvalue weighted by Gasteiger charge is -2.29. The Morgan fingerprint density at radius 3 is 2.68 bits per heavy atom. The molecule has 0 aromatic carbocycles. The van der Waals surface area contributed by atoms with Gasteiger partial charge in [0, 0.05) is 12.9 Å². The molecule has 1 aliphatic rings. The average Bonchev–Trinajstić information content (AvgIpc) is 2.81. The number of rotatable bonds is 6. The lowest BCUT2D eigenvalue weighted by atomic mass is 10.2. The Morgan fingerprint density at radius 1 is 1.53 bits per heavy atom. The largest absolute Gasteiger partial charge is 0.480 e. The molecule has 3 atom stereocenters. The topological polar surface area (TPSA) is 78.9 Å². The lowest BCUT2D eigenvalue weighted by molar-refractivity contribution is -0.141. The Bertz CT molecular complexity index is 327. The quantitative estimate of drug-likeness (QED) is 0.772. The molecule has 0 aromatic heterocycles. The number of aliphatic carboxylic acids is 1. The SMILES string of the molecule is CCC(COC)NC(=O)N1C(CC)SCC1C(=O)O. The van der Waals surface area contributed by atoms with Crippen LogP contribution >= 0.6 is 11.8 Å². The van der Waals surface area contributed by atoms with Gasteiger partial charge in [0.25, 0.3) is 0 Å². The summed E-state index contributed by atoms with van der Waals surface area (Å²) in [6.45, 7) is 4.33. The number of hydrogen-bond acceptors (Lipinski definition) is 4. The van der Waals surface area contributed by atoms with E-state index in [-0.39, 0.29) is 17.4 Å². The third kappa shape index (κ3) is 4.01. The van der Waals surface area contributed by atoms with Gasteiger partial charge in [0.05, 0.1) is 18.0 Å². The molecule has 2 N–H and O–H groups in total. The second-order valence-corrected chi connectivity index (χ2v) is 5.68. The number of carbonyl (C=O) groups excluding carboxylic acids is 1. The van der Waals surface area contributed by atoms with Crippen molar-refractivity contribution in [1.29, 1.82) is 0 Å². The van der Waals surface area contributed by atoms with Crippen molar-refractivity contribution >= 4 is 23.8 Å². The van der Waals surface area contributed by atoms with E-state index in [0.717, 1.165) is 12.8 Å². The number of amides is 2.